The summed E-state index contributed by atoms with van der Waals surface area (Å²) in [7, 11) is 1.73. The molecular formula is C23H30N2O2. The second-order valence-corrected chi connectivity index (χ2v) is 7.93. The van der Waals surface area contributed by atoms with Crippen LogP contribution >= 0.6 is 0 Å². The van der Waals surface area contributed by atoms with E-state index in [-0.39, 0.29) is 17.9 Å². The van der Waals surface area contributed by atoms with Crippen molar-refractivity contribution >= 4 is 5.91 Å². The van der Waals surface area contributed by atoms with Crippen molar-refractivity contribution in [2.45, 2.75) is 51.2 Å². The molecule has 0 radical (unpaired) electrons. The van der Waals surface area contributed by atoms with Crippen molar-refractivity contribution < 1.29 is 9.53 Å². The summed E-state index contributed by atoms with van der Waals surface area (Å²) in [5.74, 6) is 1.49. The van der Waals surface area contributed by atoms with E-state index in [1.165, 1.54) is 16.7 Å². The number of carbonyl (C=O) groups is 1. The Hall–Kier alpha value is -2.07. The molecule has 1 aliphatic carbocycles. The predicted molar refractivity (Wildman–Crippen MR) is 107 cm³/mol. The Bertz CT molecular complexity index is 727. The average Bonchev–Trinajstić information content (AvgIpc) is 2.74. The van der Waals surface area contributed by atoms with Crippen LogP contribution in [0.4, 0.5) is 0 Å². The zero-order valence-corrected chi connectivity index (χ0v) is 16.2. The number of fused-ring (bicyclic) bond motifs is 1. The summed E-state index contributed by atoms with van der Waals surface area (Å²) in [4.78, 5) is 14.2. The van der Waals surface area contributed by atoms with Crippen molar-refractivity contribution in [2.75, 3.05) is 20.1 Å². The number of hydrogen-bond acceptors (Lipinski definition) is 3. The first-order chi connectivity index (χ1) is 13.2. The number of amides is 1. The molecule has 1 atom stereocenters. The third-order valence-corrected chi connectivity index (χ3v) is 6.11. The molecule has 4 heteroatoms. The van der Waals surface area contributed by atoms with E-state index in [1.54, 1.807) is 7.05 Å². The summed E-state index contributed by atoms with van der Waals surface area (Å²) >= 11 is 0. The molecule has 2 fully saturated rings. The molecule has 2 heterocycles. The zero-order valence-electron chi connectivity index (χ0n) is 16.2. The number of piperidine rings is 1. The molecule has 144 valence electrons. The van der Waals surface area contributed by atoms with Crippen LogP contribution in [0.25, 0.3) is 0 Å². The Morgan fingerprint density at radius 3 is 2.59 bits per heavy atom. The zero-order chi connectivity index (χ0) is 18.6. The van der Waals surface area contributed by atoms with Gasteiger partial charge in [0.25, 0.3) is 0 Å². The van der Waals surface area contributed by atoms with Crippen LogP contribution in [0.1, 0.15) is 55.8 Å². The molecule has 3 aliphatic rings. The Balaban J connectivity index is 1.31. The standard InChI is InChI=1S/C23H30N2O2/c1-24-23(26)20-12-14-25(15-13-20)16-17-6-8-19(9-7-17)22-11-10-18-4-2-3-5-21(18)27-22/h4-9,20,22H,2-3,10-16H2,1H3,(H,24,26). The first kappa shape index (κ1) is 18.3. The quantitative estimate of drug-likeness (QED) is 0.872. The highest BCUT2D eigenvalue weighted by Gasteiger charge is 2.25. The fourth-order valence-corrected chi connectivity index (χ4v) is 4.44. The lowest BCUT2D eigenvalue weighted by molar-refractivity contribution is -0.125. The maximum Gasteiger partial charge on any atom is 0.222 e. The van der Waals surface area contributed by atoms with E-state index in [4.69, 9.17) is 4.74 Å². The molecule has 2 aliphatic heterocycles. The van der Waals surface area contributed by atoms with E-state index in [0.29, 0.717) is 0 Å². The number of allylic oxidation sites excluding steroid dienone is 3. The normalized spacial score (nSPS) is 23.7. The molecule has 4 nitrogen and oxygen atoms in total. The molecule has 1 N–H and O–H groups in total. The smallest absolute Gasteiger partial charge is 0.222 e. The van der Waals surface area contributed by atoms with E-state index in [2.05, 4.69) is 46.6 Å². The largest absolute Gasteiger partial charge is 0.486 e. The number of carbonyl (C=O) groups excluding carboxylic acids is 1. The van der Waals surface area contributed by atoms with Crippen LogP contribution < -0.4 is 5.32 Å². The van der Waals surface area contributed by atoms with Gasteiger partial charge in [0.05, 0.1) is 0 Å². The Labute approximate surface area is 162 Å². The van der Waals surface area contributed by atoms with Crippen molar-refractivity contribution in [3.63, 3.8) is 0 Å². The molecule has 1 aromatic carbocycles. The van der Waals surface area contributed by atoms with E-state index in [9.17, 15) is 4.79 Å². The average molecular weight is 367 g/mol. The molecule has 27 heavy (non-hydrogen) atoms. The maximum absolute atomic E-state index is 11.8. The molecule has 0 bridgehead atoms. The third-order valence-electron chi connectivity index (χ3n) is 6.11. The lowest BCUT2D eigenvalue weighted by Gasteiger charge is -2.31. The minimum Gasteiger partial charge on any atom is -0.486 e. The molecule has 1 aromatic rings. The predicted octanol–water partition coefficient (Wildman–Crippen LogP) is 4.10. The number of nitrogens with one attached hydrogen (secondary N) is 1. The van der Waals surface area contributed by atoms with Gasteiger partial charge in [-0.15, -0.1) is 0 Å². The maximum atomic E-state index is 11.8. The molecule has 1 unspecified atom stereocenters. The van der Waals surface area contributed by atoms with Gasteiger partial charge >= 0.3 is 0 Å². The van der Waals surface area contributed by atoms with Gasteiger partial charge in [-0.2, -0.15) is 0 Å². The number of ether oxygens (including phenoxy) is 1. The minimum absolute atomic E-state index is 0.184. The highest BCUT2D eigenvalue weighted by molar-refractivity contribution is 5.78. The second kappa shape index (κ2) is 8.30. The minimum atomic E-state index is 0.184. The molecule has 2 saturated heterocycles. The van der Waals surface area contributed by atoms with Gasteiger partial charge in [-0.3, -0.25) is 9.69 Å². The van der Waals surface area contributed by atoms with E-state index >= 15 is 0 Å². The summed E-state index contributed by atoms with van der Waals surface area (Å²) in [5.41, 5.74) is 4.02. The Morgan fingerprint density at radius 1 is 1.11 bits per heavy atom. The van der Waals surface area contributed by atoms with Gasteiger partial charge in [-0.1, -0.05) is 30.3 Å². The second-order valence-electron chi connectivity index (χ2n) is 7.93. The number of rotatable bonds is 4. The van der Waals surface area contributed by atoms with Crippen LogP contribution in [0.15, 0.2) is 47.7 Å². The van der Waals surface area contributed by atoms with Crippen molar-refractivity contribution in [1.82, 2.24) is 10.2 Å². The summed E-state index contributed by atoms with van der Waals surface area (Å²) in [6.07, 6.45) is 11.1. The van der Waals surface area contributed by atoms with Gasteiger partial charge in [0, 0.05) is 19.5 Å². The summed E-state index contributed by atoms with van der Waals surface area (Å²) in [6, 6.07) is 8.94. The summed E-state index contributed by atoms with van der Waals surface area (Å²) in [5, 5.41) is 2.78. The van der Waals surface area contributed by atoms with E-state index < -0.39 is 0 Å². The van der Waals surface area contributed by atoms with Gasteiger partial charge in [-0.05, 0) is 74.4 Å². The van der Waals surface area contributed by atoms with Gasteiger partial charge < -0.3 is 10.1 Å². The SMILES string of the molecule is CNC(=O)C1CCN(Cc2ccc(C3CCC4=CCCC=C4O3)cc2)CC1. The number of hydrogen-bond donors (Lipinski definition) is 1. The first-order valence-corrected chi connectivity index (χ1v) is 10.3. The lowest BCUT2D eigenvalue weighted by atomic mass is 9.92. The van der Waals surface area contributed by atoms with Gasteiger partial charge in [0.2, 0.25) is 5.91 Å². The fraction of sp³-hybridized carbons (Fsp3) is 0.522. The van der Waals surface area contributed by atoms with Crippen LogP contribution in [-0.4, -0.2) is 30.9 Å². The third kappa shape index (κ3) is 4.27. The monoisotopic (exact) mass is 366 g/mol. The topological polar surface area (TPSA) is 41.6 Å². The van der Waals surface area contributed by atoms with Crippen molar-refractivity contribution in [3.8, 4) is 0 Å². The van der Waals surface area contributed by atoms with Crippen LogP contribution in [0, 0.1) is 5.92 Å². The first-order valence-electron chi connectivity index (χ1n) is 10.3. The van der Waals surface area contributed by atoms with Crippen molar-refractivity contribution in [3.05, 3.63) is 58.9 Å². The molecule has 4 rings (SSSR count). The molecule has 0 spiro atoms. The van der Waals surface area contributed by atoms with Gasteiger partial charge in [0.15, 0.2) is 0 Å². The molecule has 0 saturated carbocycles. The number of likely N-dealkylation sites (tertiary alicyclic amines) is 1. The van der Waals surface area contributed by atoms with E-state index in [1.807, 2.05) is 0 Å². The molecule has 1 amide bonds. The highest BCUT2D eigenvalue weighted by atomic mass is 16.5. The fourth-order valence-electron chi connectivity index (χ4n) is 4.44. The number of benzene rings is 1. The highest BCUT2D eigenvalue weighted by Crippen LogP contribution is 2.38. The summed E-state index contributed by atoms with van der Waals surface area (Å²) in [6.45, 7) is 2.95. The van der Waals surface area contributed by atoms with Crippen molar-refractivity contribution in [1.29, 1.82) is 0 Å². The van der Waals surface area contributed by atoms with Gasteiger partial charge in [0.1, 0.15) is 11.9 Å². The van der Waals surface area contributed by atoms with Crippen LogP contribution in [0.3, 0.4) is 0 Å². The van der Waals surface area contributed by atoms with Gasteiger partial charge in [-0.25, -0.2) is 0 Å². The lowest BCUT2D eigenvalue weighted by Crippen LogP contribution is -2.39. The van der Waals surface area contributed by atoms with Crippen molar-refractivity contribution in [2.24, 2.45) is 5.92 Å². The Kier molecular flexibility index (Phi) is 5.63. The molecular weight excluding hydrogens is 336 g/mol. The van der Waals surface area contributed by atoms with Crippen LogP contribution in [-0.2, 0) is 16.1 Å². The van der Waals surface area contributed by atoms with E-state index in [0.717, 1.165) is 63.9 Å². The molecule has 0 aromatic heterocycles. The van der Waals surface area contributed by atoms with Crippen LogP contribution in [0.5, 0.6) is 0 Å². The summed E-state index contributed by atoms with van der Waals surface area (Å²) < 4.78 is 6.26. The van der Waals surface area contributed by atoms with Crippen LogP contribution in [0.2, 0.25) is 0 Å². The Morgan fingerprint density at radius 2 is 1.85 bits per heavy atom. The number of nitrogens with zero attached hydrogens (tertiary/aromatic N) is 1.